The fourth-order valence-corrected chi connectivity index (χ4v) is 2.71. The molecule has 2 unspecified atom stereocenters. The van der Waals surface area contributed by atoms with Gasteiger partial charge in [-0.1, -0.05) is 0 Å². The van der Waals surface area contributed by atoms with Crippen LogP contribution in [0.1, 0.15) is 31.0 Å². The third kappa shape index (κ3) is 1.28. The molecule has 2 aliphatic carbocycles. The zero-order valence-electron chi connectivity index (χ0n) is 7.49. The number of hydrogen-bond donors (Lipinski definition) is 0. The average molecular weight is 197 g/mol. The molecule has 0 saturated heterocycles. The lowest BCUT2D eigenvalue weighted by molar-refractivity contribution is 0.467. The third-order valence-corrected chi connectivity index (χ3v) is 3.71. The number of alkyl halides is 1. The Labute approximate surface area is 82.9 Å². The molecule has 2 saturated carbocycles. The summed E-state index contributed by atoms with van der Waals surface area (Å²) >= 11 is 5.71. The second-order valence-electron chi connectivity index (χ2n) is 4.33. The number of imidazole rings is 1. The highest BCUT2D eigenvalue weighted by molar-refractivity contribution is 6.16. The first-order valence-corrected chi connectivity index (χ1v) is 5.48. The van der Waals surface area contributed by atoms with E-state index in [1.54, 1.807) is 0 Å². The molecule has 0 radical (unpaired) electrons. The normalized spacial score (nSPS) is 36.2. The number of halogens is 1. The van der Waals surface area contributed by atoms with Crippen LogP contribution in [0.3, 0.4) is 0 Å². The Kier molecular flexibility index (Phi) is 1.66. The SMILES string of the molecule is ClCc1cn(C2CC3CC3C2)cn1. The minimum atomic E-state index is 0.534. The molecule has 0 N–H and O–H groups in total. The number of nitrogens with zero attached hydrogens (tertiary/aromatic N) is 2. The molecule has 2 fully saturated rings. The summed E-state index contributed by atoms with van der Waals surface area (Å²) in [6.07, 6.45) is 8.24. The van der Waals surface area contributed by atoms with Gasteiger partial charge >= 0.3 is 0 Å². The van der Waals surface area contributed by atoms with Gasteiger partial charge in [0, 0.05) is 12.2 Å². The van der Waals surface area contributed by atoms with Gasteiger partial charge in [0.15, 0.2) is 0 Å². The monoisotopic (exact) mass is 196 g/mol. The Hall–Kier alpha value is -0.500. The fraction of sp³-hybridized carbons (Fsp3) is 0.700. The molecule has 2 atom stereocenters. The van der Waals surface area contributed by atoms with Crippen molar-refractivity contribution in [2.75, 3.05) is 0 Å². The summed E-state index contributed by atoms with van der Waals surface area (Å²) in [6.45, 7) is 0. The van der Waals surface area contributed by atoms with Crippen LogP contribution in [0.2, 0.25) is 0 Å². The molecule has 0 aliphatic heterocycles. The molecule has 0 aromatic carbocycles. The molecule has 1 aromatic heterocycles. The average Bonchev–Trinajstić information content (AvgIpc) is 2.67. The van der Waals surface area contributed by atoms with Gasteiger partial charge in [-0.15, -0.1) is 11.6 Å². The van der Waals surface area contributed by atoms with Gasteiger partial charge in [-0.2, -0.15) is 0 Å². The van der Waals surface area contributed by atoms with Crippen LogP contribution in [0.5, 0.6) is 0 Å². The number of rotatable bonds is 2. The highest BCUT2D eigenvalue weighted by Gasteiger charge is 2.46. The van der Waals surface area contributed by atoms with E-state index in [1.807, 2.05) is 6.33 Å². The smallest absolute Gasteiger partial charge is 0.0952 e. The van der Waals surface area contributed by atoms with E-state index in [0.717, 1.165) is 17.5 Å². The van der Waals surface area contributed by atoms with Crippen LogP contribution in [0.4, 0.5) is 0 Å². The maximum atomic E-state index is 5.71. The highest BCUT2D eigenvalue weighted by Crippen LogP contribution is 2.55. The van der Waals surface area contributed by atoms with E-state index in [-0.39, 0.29) is 0 Å². The summed E-state index contributed by atoms with van der Waals surface area (Å²) in [4.78, 5) is 4.25. The van der Waals surface area contributed by atoms with Crippen LogP contribution in [0.15, 0.2) is 12.5 Å². The van der Waals surface area contributed by atoms with E-state index in [1.165, 1.54) is 19.3 Å². The summed E-state index contributed by atoms with van der Waals surface area (Å²) in [5.41, 5.74) is 1.00. The molecule has 1 aromatic rings. The third-order valence-electron chi connectivity index (χ3n) is 3.43. The van der Waals surface area contributed by atoms with Gasteiger partial charge in [0.25, 0.3) is 0 Å². The van der Waals surface area contributed by atoms with Crippen molar-refractivity contribution in [1.29, 1.82) is 0 Å². The summed E-state index contributed by atoms with van der Waals surface area (Å²) in [7, 11) is 0. The van der Waals surface area contributed by atoms with Crippen molar-refractivity contribution in [2.45, 2.75) is 31.2 Å². The largest absolute Gasteiger partial charge is 0.334 e. The molecule has 0 spiro atoms. The quantitative estimate of drug-likeness (QED) is 0.665. The zero-order chi connectivity index (χ0) is 8.84. The molecule has 3 heteroatoms. The topological polar surface area (TPSA) is 17.8 Å². The van der Waals surface area contributed by atoms with Crippen molar-refractivity contribution in [3.05, 3.63) is 18.2 Å². The van der Waals surface area contributed by atoms with E-state index >= 15 is 0 Å². The Morgan fingerprint density at radius 3 is 2.77 bits per heavy atom. The Bertz CT molecular complexity index is 310. The van der Waals surface area contributed by atoms with Crippen molar-refractivity contribution in [3.63, 3.8) is 0 Å². The van der Waals surface area contributed by atoms with Crippen LogP contribution in [0.25, 0.3) is 0 Å². The second kappa shape index (κ2) is 2.74. The van der Waals surface area contributed by atoms with Crippen molar-refractivity contribution in [1.82, 2.24) is 9.55 Å². The minimum absolute atomic E-state index is 0.534. The summed E-state index contributed by atoms with van der Waals surface area (Å²) in [6, 6.07) is 0.716. The van der Waals surface area contributed by atoms with Gasteiger partial charge in [-0.25, -0.2) is 4.98 Å². The lowest BCUT2D eigenvalue weighted by Crippen LogP contribution is -2.03. The molecule has 2 nitrogen and oxygen atoms in total. The van der Waals surface area contributed by atoms with E-state index in [9.17, 15) is 0 Å². The first-order valence-electron chi connectivity index (χ1n) is 4.95. The number of hydrogen-bond acceptors (Lipinski definition) is 1. The van der Waals surface area contributed by atoms with Crippen molar-refractivity contribution in [3.8, 4) is 0 Å². The van der Waals surface area contributed by atoms with Gasteiger partial charge in [-0.3, -0.25) is 0 Å². The number of aromatic nitrogens is 2. The molecular formula is C10H13ClN2. The maximum absolute atomic E-state index is 5.71. The van der Waals surface area contributed by atoms with E-state index in [0.29, 0.717) is 11.9 Å². The maximum Gasteiger partial charge on any atom is 0.0952 e. The molecule has 0 bridgehead atoms. The van der Waals surface area contributed by atoms with E-state index in [4.69, 9.17) is 11.6 Å². The van der Waals surface area contributed by atoms with Crippen LogP contribution >= 0.6 is 11.6 Å². The molecule has 70 valence electrons. The standard InChI is InChI=1S/C10H13ClN2/c11-4-9-5-13(6-12-9)10-2-7-1-8(7)3-10/h5-8,10H,1-4H2. The molecule has 13 heavy (non-hydrogen) atoms. The highest BCUT2D eigenvalue weighted by atomic mass is 35.5. The lowest BCUT2D eigenvalue weighted by atomic mass is 10.1. The van der Waals surface area contributed by atoms with Crippen molar-refractivity contribution >= 4 is 11.6 Å². The number of fused-ring (bicyclic) bond motifs is 1. The molecule has 3 rings (SSSR count). The van der Waals surface area contributed by atoms with Crippen LogP contribution in [-0.2, 0) is 5.88 Å². The van der Waals surface area contributed by atoms with Crippen LogP contribution in [0, 0.1) is 11.8 Å². The van der Waals surface area contributed by atoms with Crippen molar-refractivity contribution in [2.24, 2.45) is 11.8 Å². The molecule has 1 heterocycles. The van der Waals surface area contributed by atoms with Gasteiger partial charge < -0.3 is 4.57 Å². The Balaban J connectivity index is 1.77. The second-order valence-corrected chi connectivity index (χ2v) is 4.59. The molecule has 2 aliphatic rings. The lowest BCUT2D eigenvalue weighted by Gasteiger charge is -2.12. The predicted octanol–water partition coefficient (Wildman–Crippen LogP) is 2.59. The predicted molar refractivity (Wildman–Crippen MR) is 51.7 cm³/mol. The molecular weight excluding hydrogens is 184 g/mol. The summed E-state index contributed by atoms with van der Waals surface area (Å²) < 4.78 is 2.25. The fourth-order valence-electron chi connectivity index (χ4n) is 2.57. The zero-order valence-corrected chi connectivity index (χ0v) is 8.24. The summed E-state index contributed by atoms with van der Waals surface area (Å²) in [5.74, 6) is 2.60. The van der Waals surface area contributed by atoms with Gasteiger partial charge in [0.1, 0.15) is 0 Å². The van der Waals surface area contributed by atoms with Crippen molar-refractivity contribution < 1.29 is 0 Å². The Morgan fingerprint density at radius 1 is 1.38 bits per heavy atom. The molecule has 0 amide bonds. The van der Waals surface area contributed by atoms with Crippen LogP contribution < -0.4 is 0 Å². The first-order chi connectivity index (χ1) is 6.36. The first kappa shape index (κ1) is 7.86. The van der Waals surface area contributed by atoms with Crippen LogP contribution in [-0.4, -0.2) is 9.55 Å². The van der Waals surface area contributed by atoms with E-state index < -0.39 is 0 Å². The van der Waals surface area contributed by atoms with Gasteiger partial charge in [0.2, 0.25) is 0 Å². The Morgan fingerprint density at radius 2 is 2.15 bits per heavy atom. The van der Waals surface area contributed by atoms with E-state index in [2.05, 4.69) is 15.7 Å². The van der Waals surface area contributed by atoms with Gasteiger partial charge in [-0.05, 0) is 31.1 Å². The summed E-state index contributed by atoms with van der Waals surface area (Å²) in [5, 5.41) is 0. The minimum Gasteiger partial charge on any atom is -0.334 e. The van der Waals surface area contributed by atoms with Gasteiger partial charge in [0.05, 0.1) is 17.9 Å².